The van der Waals surface area contributed by atoms with Crippen molar-refractivity contribution in [1.29, 1.82) is 0 Å². The predicted molar refractivity (Wildman–Crippen MR) is 76.0 cm³/mol. The highest BCUT2D eigenvalue weighted by Crippen LogP contribution is 2.03. The zero-order chi connectivity index (χ0) is 14.1. The second-order valence-electron chi connectivity index (χ2n) is 4.57. The van der Waals surface area contributed by atoms with Crippen LogP contribution in [0.25, 0.3) is 0 Å². The van der Waals surface area contributed by atoms with E-state index in [0.717, 1.165) is 12.1 Å². The normalized spacial score (nSPS) is 10.7. The Balaban J connectivity index is 2.20. The Kier molecular flexibility index (Phi) is 7.10. The number of ether oxygens (including phenoxy) is 1. The fourth-order valence-electron chi connectivity index (χ4n) is 1.48. The number of hydrogen-bond acceptors (Lipinski definition) is 4. The maximum Gasteiger partial charge on any atom is 0.251 e. The summed E-state index contributed by atoms with van der Waals surface area (Å²) in [5.74, 6) is -0.0835. The fourth-order valence-corrected chi connectivity index (χ4v) is 1.48. The molecular weight excluding hydrogens is 242 g/mol. The molecular formula is C14H23N3O2. The second-order valence-corrected chi connectivity index (χ2v) is 4.57. The van der Waals surface area contributed by atoms with Crippen molar-refractivity contribution in [2.75, 3.05) is 40.4 Å². The van der Waals surface area contributed by atoms with E-state index < -0.39 is 0 Å². The monoisotopic (exact) mass is 265 g/mol. The van der Waals surface area contributed by atoms with Crippen LogP contribution in [-0.2, 0) is 11.3 Å². The third-order valence-electron chi connectivity index (χ3n) is 2.67. The number of rotatable bonds is 8. The van der Waals surface area contributed by atoms with Gasteiger partial charge in [0.05, 0.1) is 13.2 Å². The maximum atomic E-state index is 11.8. The summed E-state index contributed by atoms with van der Waals surface area (Å²) in [6, 6.07) is 7.29. The number of likely N-dealkylation sites (N-methyl/N-ethyl adjacent to an activating group) is 1. The van der Waals surface area contributed by atoms with Gasteiger partial charge in [0.1, 0.15) is 0 Å². The lowest BCUT2D eigenvalue weighted by Gasteiger charge is -2.10. The molecule has 0 aliphatic rings. The van der Waals surface area contributed by atoms with Gasteiger partial charge >= 0.3 is 0 Å². The molecule has 0 aliphatic carbocycles. The molecule has 1 aromatic carbocycles. The standard InChI is InChI=1S/C14H23N3O2/c1-17(2)8-10-19-9-7-16-14(18)13-5-3-12(11-15)4-6-13/h3-6H,7-11,15H2,1-2H3,(H,16,18). The average molecular weight is 265 g/mol. The first kappa shape index (κ1) is 15.6. The van der Waals surface area contributed by atoms with Gasteiger partial charge in [-0.1, -0.05) is 12.1 Å². The lowest BCUT2D eigenvalue weighted by atomic mass is 10.1. The molecule has 1 rings (SSSR count). The molecule has 0 aliphatic heterocycles. The van der Waals surface area contributed by atoms with Crippen LogP contribution >= 0.6 is 0 Å². The van der Waals surface area contributed by atoms with Gasteiger partial charge in [-0.25, -0.2) is 0 Å². The molecule has 5 nitrogen and oxygen atoms in total. The van der Waals surface area contributed by atoms with Gasteiger partial charge < -0.3 is 20.7 Å². The minimum Gasteiger partial charge on any atom is -0.378 e. The molecule has 0 radical (unpaired) electrons. The molecule has 0 unspecified atom stereocenters. The number of nitrogens with two attached hydrogens (primary N) is 1. The van der Waals surface area contributed by atoms with E-state index >= 15 is 0 Å². The van der Waals surface area contributed by atoms with E-state index in [2.05, 4.69) is 10.2 Å². The molecule has 0 spiro atoms. The summed E-state index contributed by atoms with van der Waals surface area (Å²) in [7, 11) is 3.99. The van der Waals surface area contributed by atoms with Gasteiger partial charge in [0, 0.05) is 25.2 Å². The van der Waals surface area contributed by atoms with Crippen LogP contribution < -0.4 is 11.1 Å². The van der Waals surface area contributed by atoms with Crippen molar-refractivity contribution in [2.24, 2.45) is 5.73 Å². The lowest BCUT2D eigenvalue weighted by Crippen LogP contribution is -2.28. The van der Waals surface area contributed by atoms with Crippen LogP contribution in [0.3, 0.4) is 0 Å². The zero-order valence-corrected chi connectivity index (χ0v) is 11.7. The highest BCUT2D eigenvalue weighted by Gasteiger charge is 2.04. The third-order valence-corrected chi connectivity index (χ3v) is 2.67. The van der Waals surface area contributed by atoms with Gasteiger partial charge in [-0.3, -0.25) is 4.79 Å². The third kappa shape index (κ3) is 6.33. The van der Waals surface area contributed by atoms with Crippen LogP contribution in [-0.4, -0.2) is 51.2 Å². The molecule has 1 amide bonds. The molecule has 3 N–H and O–H groups in total. The topological polar surface area (TPSA) is 67.6 Å². The van der Waals surface area contributed by atoms with E-state index in [9.17, 15) is 4.79 Å². The Morgan fingerprint density at radius 3 is 2.53 bits per heavy atom. The van der Waals surface area contributed by atoms with E-state index in [4.69, 9.17) is 10.5 Å². The van der Waals surface area contributed by atoms with Crippen LogP contribution in [0, 0.1) is 0 Å². The molecule has 0 heterocycles. The molecule has 0 saturated heterocycles. The van der Waals surface area contributed by atoms with E-state index in [1.54, 1.807) is 12.1 Å². The van der Waals surface area contributed by atoms with E-state index in [0.29, 0.717) is 31.9 Å². The van der Waals surface area contributed by atoms with Crippen LogP contribution in [0.15, 0.2) is 24.3 Å². The molecule has 0 saturated carbocycles. The quantitative estimate of drug-likeness (QED) is 0.670. The summed E-state index contributed by atoms with van der Waals surface area (Å²) in [6.45, 7) is 3.09. The Morgan fingerprint density at radius 1 is 1.26 bits per heavy atom. The predicted octanol–water partition coefficient (Wildman–Crippen LogP) is 0.453. The van der Waals surface area contributed by atoms with Crippen molar-refractivity contribution in [1.82, 2.24) is 10.2 Å². The summed E-state index contributed by atoms with van der Waals surface area (Å²) in [6.07, 6.45) is 0. The first-order valence-electron chi connectivity index (χ1n) is 6.43. The Morgan fingerprint density at radius 2 is 1.95 bits per heavy atom. The first-order valence-corrected chi connectivity index (χ1v) is 6.43. The van der Waals surface area contributed by atoms with E-state index in [-0.39, 0.29) is 5.91 Å². The summed E-state index contributed by atoms with van der Waals surface area (Å²) >= 11 is 0. The van der Waals surface area contributed by atoms with E-state index in [1.165, 1.54) is 0 Å². The van der Waals surface area contributed by atoms with Crippen molar-refractivity contribution < 1.29 is 9.53 Å². The summed E-state index contributed by atoms with van der Waals surface area (Å²) in [5, 5.41) is 2.82. The van der Waals surface area contributed by atoms with Gasteiger partial charge in [-0.15, -0.1) is 0 Å². The fraction of sp³-hybridized carbons (Fsp3) is 0.500. The van der Waals surface area contributed by atoms with Crippen LogP contribution in [0.5, 0.6) is 0 Å². The smallest absolute Gasteiger partial charge is 0.251 e. The first-order chi connectivity index (χ1) is 9.13. The number of nitrogens with one attached hydrogen (secondary N) is 1. The Hall–Kier alpha value is -1.43. The van der Waals surface area contributed by atoms with Crippen LogP contribution in [0.1, 0.15) is 15.9 Å². The second kappa shape index (κ2) is 8.63. The molecule has 19 heavy (non-hydrogen) atoms. The largest absolute Gasteiger partial charge is 0.378 e. The van der Waals surface area contributed by atoms with Gasteiger partial charge in [0.15, 0.2) is 0 Å². The minimum atomic E-state index is -0.0835. The average Bonchev–Trinajstić information content (AvgIpc) is 2.42. The highest BCUT2D eigenvalue weighted by molar-refractivity contribution is 5.94. The highest BCUT2D eigenvalue weighted by atomic mass is 16.5. The van der Waals surface area contributed by atoms with Crippen molar-refractivity contribution in [3.63, 3.8) is 0 Å². The van der Waals surface area contributed by atoms with Gasteiger partial charge in [0.25, 0.3) is 5.91 Å². The lowest BCUT2D eigenvalue weighted by molar-refractivity contribution is 0.0900. The summed E-state index contributed by atoms with van der Waals surface area (Å²) < 4.78 is 5.39. The molecule has 0 bridgehead atoms. The van der Waals surface area contributed by atoms with E-state index in [1.807, 2.05) is 26.2 Å². The zero-order valence-electron chi connectivity index (χ0n) is 11.7. The molecule has 106 valence electrons. The molecule has 0 fully saturated rings. The molecule has 5 heteroatoms. The van der Waals surface area contributed by atoms with Gasteiger partial charge in [-0.05, 0) is 31.8 Å². The van der Waals surface area contributed by atoms with Crippen molar-refractivity contribution in [3.8, 4) is 0 Å². The Labute approximate surface area is 114 Å². The summed E-state index contributed by atoms with van der Waals surface area (Å²) in [5.41, 5.74) is 7.16. The van der Waals surface area contributed by atoms with Gasteiger partial charge in [0.2, 0.25) is 0 Å². The van der Waals surface area contributed by atoms with Crippen molar-refractivity contribution >= 4 is 5.91 Å². The van der Waals surface area contributed by atoms with Crippen molar-refractivity contribution in [2.45, 2.75) is 6.54 Å². The SMILES string of the molecule is CN(C)CCOCCNC(=O)c1ccc(CN)cc1. The number of amides is 1. The van der Waals surface area contributed by atoms with Crippen LogP contribution in [0.4, 0.5) is 0 Å². The number of carbonyl (C=O) groups excluding carboxylic acids is 1. The number of nitrogens with zero attached hydrogens (tertiary/aromatic N) is 1. The summed E-state index contributed by atoms with van der Waals surface area (Å²) in [4.78, 5) is 13.8. The Bertz CT molecular complexity index is 377. The molecule has 0 aromatic heterocycles. The maximum absolute atomic E-state index is 11.8. The number of benzene rings is 1. The molecule has 0 atom stereocenters. The molecule has 1 aromatic rings. The van der Waals surface area contributed by atoms with Crippen LogP contribution in [0.2, 0.25) is 0 Å². The number of hydrogen-bond donors (Lipinski definition) is 2. The van der Waals surface area contributed by atoms with Crippen molar-refractivity contribution in [3.05, 3.63) is 35.4 Å². The minimum absolute atomic E-state index is 0.0835. The number of carbonyl (C=O) groups is 1. The van der Waals surface area contributed by atoms with Gasteiger partial charge in [-0.2, -0.15) is 0 Å².